The Hall–Kier alpha value is -1.55. The van der Waals surface area contributed by atoms with E-state index in [1.165, 1.54) is 0 Å². The zero-order valence-electron chi connectivity index (χ0n) is 11.5. The van der Waals surface area contributed by atoms with Crippen LogP contribution in [-0.2, 0) is 4.79 Å². The number of phenols is 1. The van der Waals surface area contributed by atoms with Crippen LogP contribution in [0.15, 0.2) is 24.3 Å². The summed E-state index contributed by atoms with van der Waals surface area (Å²) in [7, 11) is 0. The number of nitrogens with zero attached hydrogens (tertiary/aromatic N) is 1. The molecule has 0 amide bonds. The fraction of sp³-hybridized carbons (Fsp3) is 0.533. The molecule has 0 aromatic heterocycles. The standard InChI is InChI=1S/C15H21NO3/c1-11(12-6-5-7-13(17)10-12)16-9-4-3-8-15(16,2)14(18)19/h5-7,10-11,17H,3-4,8-9H2,1-2H3,(H,18,19). The van der Waals surface area contributed by atoms with Crippen molar-refractivity contribution in [3.8, 4) is 5.75 Å². The van der Waals surface area contributed by atoms with Crippen LogP contribution in [0.5, 0.6) is 5.75 Å². The van der Waals surface area contributed by atoms with Crippen molar-refractivity contribution in [1.29, 1.82) is 0 Å². The number of hydrogen-bond acceptors (Lipinski definition) is 3. The van der Waals surface area contributed by atoms with E-state index in [4.69, 9.17) is 0 Å². The highest BCUT2D eigenvalue weighted by atomic mass is 16.4. The van der Waals surface area contributed by atoms with Gasteiger partial charge in [0, 0.05) is 6.04 Å². The lowest BCUT2D eigenvalue weighted by molar-refractivity contribution is -0.155. The summed E-state index contributed by atoms with van der Waals surface area (Å²) >= 11 is 0. The van der Waals surface area contributed by atoms with Crippen LogP contribution in [0.3, 0.4) is 0 Å². The third-order valence-corrected chi connectivity index (χ3v) is 4.23. The first kappa shape index (κ1) is 13.9. The van der Waals surface area contributed by atoms with Gasteiger partial charge < -0.3 is 10.2 Å². The fourth-order valence-corrected chi connectivity index (χ4v) is 2.96. The Balaban J connectivity index is 2.30. The molecule has 104 valence electrons. The number of carboxylic acids is 1. The van der Waals surface area contributed by atoms with Gasteiger partial charge in [-0.3, -0.25) is 9.69 Å². The van der Waals surface area contributed by atoms with E-state index in [-0.39, 0.29) is 11.8 Å². The van der Waals surface area contributed by atoms with E-state index in [0.717, 1.165) is 24.9 Å². The fourth-order valence-electron chi connectivity index (χ4n) is 2.96. The zero-order chi connectivity index (χ0) is 14.0. The number of aromatic hydroxyl groups is 1. The minimum absolute atomic E-state index is 0.0199. The van der Waals surface area contributed by atoms with Gasteiger partial charge in [0.15, 0.2) is 0 Å². The van der Waals surface area contributed by atoms with Gasteiger partial charge in [0.05, 0.1) is 0 Å². The van der Waals surface area contributed by atoms with Crippen molar-refractivity contribution in [1.82, 2.24) is 4.90 Å². The number of rotatable bonds is 3. The first-order valence-corrected chi connectivity index (χ1v) is 6.74. The quantitative estimate of drug-likeness (QED) is 0.880. The highest BCUT2D eigenvalue weighted by Crippen LogP contribution is 2.36. The van der Waals surface area contributed by atoms with Gasteiger partial charge in [-0.1, -0.05) is 12.1 Å². The second-order valence-corrected chi connectivity index (χ2v) is 5.50. The van der Waals surface area contributed by atoms with Crippen molar-refractivity contribution in [2.75, 3.05) is 6.54 Å². The number of piperidine rings is 1. The Morgan fingerprint density at radius 3 is 2.79 bits per heavy atom. The summed E-state index contributed by atoms with van der Waals surface area (Å²) in [6.45, 7) is 4.58. The number of likely N-dealkylation sites (tertiary alicyclic amines) is 1. The second kappa shape index (κ2) is 5.21. The highest BCUT2D eigenvalue weighted by Gasteiger charge is 2.43. The van der Waals surface area contributed by atoms with E-state index in [0.29, 0.717) is 6.42 Å². The first-order valence-electron chi connectivity index (χ1n) is 6.74. The monoisotopic (exact) mass is 263 g/mol. The predicted octanol–water partition coefficient (Wildman–Crippen LogP) is 2.78. The molecule has 2 atom stereocenters. The molecular weight excluding hydrogens is 242 g/mol. The van der Waals surface area contributed by atoms with Crippen LogP contribution in [0.25, 0.3) is 0 Å². The summed E-state index contributed by atoms with van der Waals surface area (Å²) in [5, 5.41) is 19.1. The number of benzene rings is 1. The van der Waals surface area contributed by atoms with Crippen molar-refractivity contribution in [2.24, 2.45) is 0 Å². The lowest BCUT2D eigenvalue weighted by Gasteiger charge is -2.45. The molecule has 0 saturated carbocycles. The van der Waals surface area contributed by atoms with Gasteiger partial charge in [0.25, 0.3) is 0 Å². The Labute approximate surface area is 113 Å². The van der Waals surface area contributed by atoms with Crippen molar-refractivity contribution in [3.05, 3.63) is 29.8 Å². The van der Waals surface area contributed by atoms with Crippen molar-refractivity contribution in [2.45, 2.75) is 44.7 Å². The zero-order valence-corrected chi connectivity index (χ0v) is 11.5. The molecule has 1 aliphatic heterocycles. The van der Waals surface area contributed by atoms with E-state index in [1.54, 1.807) is 25.1 Å². The summed E-state index contributed by atoms with van der Waals surface area (Å²) in [4.78, 5) is 13.6. The molecule has 0 aliphatic carbocycles. The molecular formula is C15H21NO3. The summed E-state index contributed by atoms with van der Waals surface area (Å²) in [5.41, 5.74) is 0.137. The average Bonchev–Trinajstić information content (AvgIpc) is 2.38. The van der Waals surface area contributed by atoms with E-state index >= 15 is 0 Å². The SMILES string of the molecule is CC(c1cccc(O)c1)N1CCCCC1(C)C(=O)O. The number of aliphatic carboxylic acids is 1. The maximum Gasteiger partial charge on any atom is 0.323 e. The predicted molar refractivity (Wildman–Crippen MR) is 73.1 cm³/mol. The molecule has 0 spiro atoms. The lowest BCUT2D eigenvalue weighted by atomic mass is 9.86. The summed E-state index contributed by atoms with van der Waals surface area (Å²) < 4.78 is 0. The summed E-state index contributed by atoms with van der Waals surface area (Å²) in [6, 6.07) is 7.04. The van der Waals surface area contributed by atoms with E-state index in [2.05, 4.69) is 0 Å². The summed E-state index contributed by atoms with van der Waals surface area (Å²) in [5.74, 6) is -0.544. The van der Waals surface area contributed by atoms with Gasteiger partial charge >= 0.3 is 5.97 Å². The Morgan fingerprint density at radius 1 is 1.42 bits per heavy atom. The van der Waals surface area contributed by atoms with Crippen LogP contribution in [0, 0.1) is 0 Å². The molecule has 4 nitrogen and oxygen atoms in total. The Bertz CT molecular complexity index is 474. The molecule has 1 aliphatic rings. The molecule has 1 fully saturated rings. The normalized spacial score (nSPS) is 26.0. The number of carboxylic acid groups (broad SMARTS) is 1. The molecule has 2 N–H and O–H groups in total. The molecule has 1 heterocycles. The molecule has 1 aromatic carbocycles. The molecule has 2 unspecified atom stereocenters. The smallest absolute Gasteiger partial charge is 0.323 e. The maximum atomic E-state index is 11.6. The van der Waals surface area contributed by atoms with Crippen LogP contribution in [0.1, 0.15) is 44.7 Å². The summed E-state index contributed by atoms with van der Waals surface area (Å²) in [6.07, 6.45) is 2.64. The number of hydrogen-bond donors (Lipinski definition) is 2. The van der Waals surface area contributed by atoms with Gasteiger partial charge in [-0.25, -0.2) is 0 Å². The van der Waals surface area contributed by atoms with Gasteiger partial charge in [0.2, 0.25) is 0 Å². The Morgan fingerprint density at radius 2 is 2.16 bits per heavy atom. The maximum absolute atomic E-state index is 11.6. The Kier molecular flexibility index (Phi) is 3.80. The van der Waals surface area contributed by atoms with Crippen LogP contribution in [0.4, 0.5) is 0 Å². The third kappa shape index (κ3) is 2.59. The van der Waals surface area contributed by atoms with Crippen LogP contribution in [-0.4, -0.2) is 33.2 Å². The van der Waals surface area contributed by atoms with Crippen LogP contribution in [0.2, 0.25) is 0 Å². The van der Waals surface area contributed by atoms with E-state index < -0.39 is 11.5 Å². The van der Waals surface area contributed by atoms with Gasteiger partial charge in [-0.2, -0.15) is 0 Å². The topological polar surface area (TPSA) is 60.8 Å². The highest BCUT2D eigenvalue weighted by molar-refractivity contribution is 5.78. The van der Waals surface area contributed by atoms with Gasteiger partial charge in [0.1, 0.15) is 11.3 Å². The average molecular weight is 263 g/mol. The van der Waals surface area contributed by atoms with Crippen molar-refractivity contribution >= 4 is 5.97 Å². The second-order valence-electron chi connectivity index (χ2n) is 5.50. The number of carbonyl (C=O) groups is 1. The molecule has 0 bridgehead atoms. The molecule has 4 heteroatoms. The molecule has 1 aromatic rings. The van der Waals surface area contributed by atoms with Crippen molar-refractivity contribution < 1.29 is 15.0 Å². The molecule has 2 rings (SSSR count). The molecule has 19 heavy (non-hydrogen) atoms. The molecule has 1 saturated heterocycles. The number of phenolic OH excluding ortho intramolecular Hbond substituents is 1. The largest absolute Gasteiger partial charge is 0.508 e. The van der Waals surface area contributed by atoms with E-state index in [1.807, 2.05) is 17.9 Å². The lowest BCUT2D eigenvalue weighted by Crippen LogP contribution is -2.55. The van der Waals surface area contributed by atoms with E-state index in [9.17, 15) is 15.0 Å². The van der Waals surface area contributed by atoms with Crippen LogP contribution < -0.4 is 0 Å². The third-order valence-electron chi connectivity index (χ3n) is 4.23. The van der Waals surface area contributed by atoms with Crippen LogP contribution >= 0.6 is 0 Å². The van der Waals surface area contributed by atoms with Gasteiger partial charge in [-0.15, -0.1) is 0 Å². The minimum atomic E-state index is -0.816. The molecule has 0 radical (unpaired) electrons. The van der Waals surface area contributed by atoms with Gasteiger partial charge in [-0.05, 0) is 57.4 Å². The minimum Gasteiger partial charge on any atom is -0.508 e. The first-order chi connectivity index (χ1) is 8.95. The van der Waals surface area contributed by atoms with Crippen molar-refractivity contribution in [3.63, 3.8) is 0 Å².